The highest BCUT2D eigenvalue weighted by molar-refractivity contribution is 7.99. The molecule has 2 atom stereocenters. The maximum absolute atomic E-state index is 13.0. The fourth-order valence-electron chi connectivity index (χ4n) is 2.77. The van der Waals surface area contributed by atoms with Gasteiger partial charge in [-0.05, 0) is 24.6 Å². The first kappa shape index (κ1) is 16.5. The lowest BCUT2D eigenvalue weighted by atomic mass is 9.90. The molecule has 0 aliphatic carbocycles. The van der Waals surface area contributed by atoms with E-state index in [1.807, 2.05) is 55.5 Å². The molecule has 1 aliphatic heterocycles. The van der Waals surface area contributed by atoms with Crippen LogP contribution in [0.25, 0.3) is 0 Å². The summed E-state index contributed by atoms with van der Waals surface area (Å²) in [5, 5.41) is 8.68. The van der Waals surface area contributed by atoms with Crippen molar-refractivity contribution >= 4 is 29.7 Å². The number of nitrogens with zero attached hydrogens (tertiary/aromatic N) is 1. The number of carboxylic acid groups (broad SMARTS) is 1. The predicted molar refractivity (Wildman–Crippen MR) is 95.0 cm³/mol. The van der Waals surface area contributed by atoms with Crippen LogP contribution in [0.2, 0.25) is 0 Å². The monoisotopic (exact) mass is 339 g/mol. The third-order valence-electron chi connectivity index (χ3n) is 3.90. The van der Waals surface area contributed by atoms with Gasteiger partial charge in [-0.2, -0.15) is 0 Å². The zero-order chi connectivity index (χ0) is 17.1. The van der Waals surface area contributed by atoms with Crippen LogP contribution in [0.5, 0.6) is 0 Å². The van der Waals surface area contributed by atoms with Crippen LogP contribution in [0.3, 0.4) is 0 Å². The van der Waals surface area contributed by atoms with Crippen LogP contribution >= 0.6 is 11.8 Å². The van der Waals surface area contributed by atoms with Gasteiger partial charge < -0.3 is 5.11 Å². The van der Waals surface area contributed by atoms with E-state index in [-0.39, 0.29) is 17.6 Å². The van der Waals surface area contributed by atoms with Gasteiger partial charge in [0, 0.05) is 21.9 Å². The third kappa shape index (κ3) is 3.41. The van der Waals surface area contributed by atoms with Crippen LogP contribution in [0.4, 0.5) is 0 Å². The summed E-state index contributed by atoms with van der Waals surface area (Å²) in [4.78, 5) is 28.6. The van der Waals surface area contributed by atoms with Gasteiger partial charge in [-0.15, -0.1) is 11.8 Å². The van der Waals surface area contributed by atoms with Gasteiger partial charge in [0.05, 0.1) is 5.92 Å². The van der Waals surface area contributed by atoms with Crippen LogP contribution in [0.1, 0.15) is 26.7 Å². The van der Waals surface area contributed by atoms with Gasteiger partial charge >= 0.3 is 5.97 Å². The number of aliphatic carboxylic acids is 1. The molecule has 4 nitrogen and oxygen atoms in total. The fourth-order valence-corrected chi connectivity index (χ4v) is 4.11. The second kappa shape index (κ2) is 7.01. The highest BCUT2D eigenvalue weighted by Crippen LogP contribution is 2.47. The molecule has 122 valence electrons. The molecule has 2 aromatic carbocycles. The minimum absolute atomic E-state index is 0.00422. The van der Waals surface area contributed by atoms with Crippen molar-refractivity contribution in [1.82, 2.24) is 0 Å². The molecule has 1 aliphatic rings. The van der Waals surface area contributed by atoms with E-state index in [0.717, 1.165) is 16.0 Å². The van der Waals surface area contributed by atoms with E-state index in [2.05, 4.69) is 4.99 Å². The number of carbonyl (C=O) groups is 2. The number of Topliss-reactive ketones (excluding diaryl/α,β-unsaturated/α-hetero) is 1. The van der Waals surface area contributed by atoms with Gasteiger partial charge in [-0.3, -0.25) is 14.6 Å². The Kier molecular flexibility index (Phi) is 4.81. The van der Waals surface area contributed by atoms with Crippen molar-refractivity contribution in [3.05, 3.63) is 65.2 Å². The summed E-state index contributed by atoms with van der Waals surface area (Å²) in [6.07, 6.45) is 1.51. The van der Waals surface area contributed by atoms with Crippen molar-refractivity contribution < 1.29 is 14.7 Å². The number of thioether (sulfide) groups is 1. The first-order valence-corrected chi connectivity index (χ1v) is 8.52. The fraction of sp³-hybridized carbons (Fsp3) is 0.211. The summed E-state index contributed by atoms with van der Waals surface area (Å²) in [7, 11) is 0. The number of benzene rings is 2. The average Bonchev–Trinajstić information content (AvgIpc) is 2.57. The molecule has 2 unspecified atom stereocenters. The second-order valence-corrected chi connectivity index (χ2v) is 6.91. The Hall–Kier alpha value is -2.40. The number of rotatable bonds is 4. The SMILES string of the molecule is Cc1ccc2c(c1)C(=O)C(C=NCC(=O)O)C(c1ccccc1)S2. The molecule has 0 bridgehead atoms. The van der Waals surface area contributed by atoms with Gasteiger partial charge in [0.2, 0.25) is 0 Å². The van der Waals surface area contributed by atoms with Gasteiger partial charge in [-0.1, -0.05) is 42.0 Å². The van der Waals surface area contributed by atoms with E-state index < -0.39 is 11.9 Å². The number of carboxylic acids is 1. The van der Waals surface area contributed by atoms with Crippen molar-refractivity contribution in [3.63, 3.8) is 0 Å². The van der Waals surface area contributed by atoms with Crippen LogP contribution in [0, 0.1) is 12.8 Å². The van der Waals surface area contributed by atoms with Crippen LogP contribution in [0.15, 0.2) is 58.4 Å². The maximum atomic E-state index is 13.0. The summed E-state index contributed by atoms with van der Waals surface area (Å²) in [5.41, 5.74) is 2.76. The maximum Gasteiger partial charge on any atom is 0.325 e. The molecular formula is C19H17NO3S. The second-order valence-electron chi connectivity index (χ2n) is 5.72. The predicted octanol–water partition coefficient (Wildman–Crippen LogP) is 3.80. The zero-order valence-corrected chi connectivity index (χ0v) is 14.0. The van der Waals surface area contributed by atoms with Crippen molar-refractivity contribution in [2.45, 2.75) is 17.1 Å². The lowest BCUT2D eigenvalue weighted by Crippen LogP contribution is -2.27. The minimum atomic E-state index is -1.00. The molecule has 0 saturated carbocycles. The number of hydrogen-bond donors (Lipinski definition) is 1. The Morgan fingerprint density at radius 1 is 1.25 bits per heavy atom. The zero-order valence-electron chi connectivity index (χ0n) is 13.2. The van der Waals surface area contributed by atoms with E-state index in [1.165, 1.54) is 6.21 Å². The summed E-state index contributed by atoms with van der Waals surface area (Å²) < 4.78 is 0. The number of hydrogen-bond acceptors (Lipinski definition) is 4. The molecule has 5 heteroatoms. The molecule has 0 fully saturated rings. The smallest absolute Gasteiger partial charge is 0.325 e. The summed E-state index contributed by atoms with van der Waals surface area (Å²) in [6.45, 7) is 1.63. The Morgan fingerprint density at radius 2 is 2.00 bits per heavy atom. The summed E-state index contributed by atoms with van der Waals surface area (Å²) >= 11 is 1.63. The molecule has 1 N–H and O–H groups in total. The van der Waals surface area contributed by atoms with E-state index in [4.69, 9.17) is 5.11 Å². The van der Waals surface area contributed by atoms with Crippen LogP contribution in [-0.4, -0.2) is 29.6 Å². The topological polar surface area (TPSA) is 66.7 Å². The van der Waals surface area contributed by atoms with Gasteiger partial charge in [0.15, 0.2) is 5.78 Å². The highest BCUT2D eigenvalue weighted by Gasteiger charge is 2.36. The van der Waals surface area contributed by atoms with Crippen molar-refractivity contribution in [3.8, 4) is 0 Å². The van der Waals surface area contributed by atoms with E-state index >= 15 is 0 Å². The Bertz CT molecular complexity index is 802. The molecule has 1 heterocycles. The lowest BCUT2D eigenvalue weighted by molar-refractivity contribution is -0.135. The minimum Gasteiger partial charge on any atom is -0.480 e. The number of aliphatic imine (C=N–C) groups is 1. The Labute approximate surface area is 144 Å². The molecule has 0 spiro atoms. The van der Waals surface area contributed by atoms with Crippen molar-refractivity contribution in [1.29, 1.82) is 0 Å². The van der Waals surface area contributed by atoms with Crippen LogP contribution < -0.4 is 0 Å². The highest BCUT2D eigenvalue weighted by atomic mass is 32.2. The molecule has 0 saturated heterocycles. The molecule has 3 rings (SSSR count). The average molecular weight is 339 g/mol. The lowest BCUT2D eigenvalue weighted by Gasteiger charge is -2.29. The first-order chi connectivity index (χ1) is 11.6. The van der Waals surface area contributed by atoms with Crippen molar-refractivity contribution in [2.24, 2.45) is 10.9 Å². The molecule has 0 aromatic heterocycles. The van der Waals surface area contributed by atoms with E-state index in [9.17, 15) is 9.59 Å². The Balaban J connectivity index is 2.01. The largest absolute Gasteiger partial charge is 0.480 e. The molecule has 0 radical (unpaired) electrons. The Morgan fingerprint density at radius 3 is 2.71 bits per heavy atom. The molecule has 2 aromatic rings. The van der Waals surface area contributed by atoms with Crippen molar-refractivity contribution in [2.75, 3.05) is 6.54 Å². The van der Waals surface area contributed by atoms with Gasteiger partial charge in [0.25, 0.3) is 0 Å². The van der Waals surface area contributed by atoms with E-state index in [1.54, 1.807) is 11.8 Å². The number of fused-ring (bicyclic) bond motifs is 1. The summed E-state index contributed by atoms with van der Waals surface area (Å²) in [6, 6.07) is 15.7. The van der Waals surface area contributed by atoms with Gasteiger partial charge in [-0.25, -0.2) is 0 Å². The molecule has 24 heavy (non-hydrogen) atoms. The van der Waals surface area contributed by atoms with Crippen LogP contribution in [-0.2, 0) is 4.79 Å². The normalized spacial score (nSPS) is 20.1. The van der Waals surface area contributed by atoms with Gasteiger partial charge in [0.1, 0.15) is 6.54 Å². The quantitative estimate of drug-likeness (QED) is 0.861. The molecule has 0 amide bonds. The standard InChI is InChI=1S/C19H17NO3S/c1-12-7-8-16-14(9-12)18(23)15(10-20-11-17(21)22)19(24-16)13-5-3-2-4-6-13/h2-10,15,19H,11H2,1H3,(H,21,22). The number of carbonyl (C=O) groups excluding carboxylic acids is 1. The van der Waals surface area contributed by atoms with E-state index in [0.29, 0.717) is 5.56 Å². The molecular weight excluding hydrogens is 322 g/mol. The third-order valence-corrected chi connectivity index (χ3v) is 5.33. The number of ketones is 1. The number of aryl methyl sites for hydroxylation is 1. The summed E-state index contributed by atoms with van der Waals surface area (Å²) in [5.74, 6) is -1.48. The first-order valence-electron chi connectivity index (χ1n) is 7.64.